The number of nitrogen functional groups attached to an aromatic ring is 3. The molecule has 22 nitrogen and oxygen atoms in total. The van der Waals surface area contributed by atoms with E-state index in [2.05, 4.69) is 203 Å². The number of halogens is 1. The largest absolute Gasteiger partial charge is 0.398 e. The van der Waals surface area contributed by atoms with Gasteiger partial charge in [-0.3, -0.25) is 4.79 Å². The van der Waals surface area contributed by atoms with Crippen LogP contribution in [0.3, 0.4) is 0 Å². The van der Waals surface area contributed by atoms with Gasteiger partial charge in [-0.25, -0.2) is 54.8 Å². The van der Waals surface area contributed by atoms with Crippen LogP contribution in [-0.4, -0.2) is 93.5 Å². The first-order valence-corrected chi connectivity index (χ1v) is 30.7. The molecule has 0 spiro atoms. The summed E-state index contributed by atoms with van der Waals surface area (Å²) < 4.78 is 12.4. The minimum absolute atomic E-state index is 0.00725. The van der Waals surface area contributed by atoms with E-state index in [1.54, 1.807) is 49.5 Å². The number of thioether (sulfide) groups is 1. The number of terminal acetylenes is 1. The number of nitrogens with one attached hydrogen (secondary N) is 1. The Kier molecular flexibility index (Phi) is 19.8. The lowest BCUT2D eigenvalue weighted by molar-refractivity contribution is 0.405. The molecule has 0 unspecified atom stereocenters. The molecule has 0 aromatic carbocycles. The zero-order chi connectivity index (χ0) is 66.0. The van der Waals surface area contributed by atoms with Gasteiger partial charge < -0.3 is 49.6 Å². The highest BCUT2D eigenvalue weighted by Crippen LogP contribution is 2.32. The highest BCUT2D eigenvalue weighted by Gasteiger charge is 2.24. The van der Waals surface area contributed by atoms with Gasteiger partial charge in [-0.05, 0) is 175 Å². The molecule has 470 valence electrons. The molecule has 0 fully saturated rings. The number of aromatic nitrogens is 18. The normalized spacial score (nSPS) is 12.0. The van der Waals surface area contributed by atoms with Gasteiger partial charge >= 0.3 is 0 Å². The van der Waals surface area contributed by atoms with E-state index < -0.39 is 0 Å². The SMILES string of the molecule is C#Cc1cn(C(C)(C)C)c2ncnc(N)c12.CC(C)(C)n1ccc2c(N)ccnc21.CC(C)(C)n1cnc2c(Cl)ccnc21.CSc1nc(C)nc2c1ncn2C(C)(C)C.Cc1cn(C(C)(C)C)c2ncnc(N)c12.Cc1nc2c(ccn2C(C)C)c(=O)[nH]1. The first-order valence-electron chi connectivity index (χ1n) is 29.1. The number of nitrogens with zero attached hydrogens (tertiary/aromatic N) is 17. The van der Waals surface area contributed by atoms with E-state index in [0.717, 1.165) is 88.7 Å². The van der Waals surface area contributed by atoms with E-state index in [4.69, 9.17) is 35.2 Å². The number of imidazole rings is 2. The van der Waals surface area contributed by atoms with E-state index in [0.29, 0.717) is 33.9 Å². The van der Waals surface area contributed by atoms with Crippen LogP contribution in [0.2, 0.25) is 5.02 Å². The van der Waals surface area contributed by atoms with Crippen LogP contribution >= 0.6 is 23.4 Å². The van der Waals surface area contributed by atoms with Gasteiger partial charge in [0.25, 0.3) is 5.56 Å². The van der Waals surface area contributed by atoms with Crippen molar-refractivity contribution in [2.45, 2.75) is 177 Å². The fourth-order valence-corrected chi connectivity index (χ4v) is 10.4. The van der Waals surface area contributed by atoms with E-state index in [1.165, 1.54) is 12.7 Å². The third-order valence-electron chi connectivity index (χ3n) is 14.1. The van der Waals surface area contributed by atoms with Crippen molar-refractivity contribution in [2.24, 2.45) is 0 Å². The summed E-state index contributed by atoms with van der Waals surface area (Å²) in [4.78, 5) is 61.3. The molecule has 12 heterocycles. The van der Waals surface area contributed by atoms with Crippen molar-refractivity contribution in [2.75, 3.05) is 23.5 Å². The number of aryl methyl sites for hydroxylation is 3. The summed E-state index contributed by atoms with van der Waals surface area (Å²) in [7, 11) is 0. The van der Waals surface area contributed by atoms with Crippen LogP contribution in [0.1, 0.15) is 147 Å². The summed E-state index contributed by atoms with van der Waals surface area (Å²) in [6.07, 6.45) is 25.4. The van der Waals surface area contributed by atoms with Crippen molar-refractivity contribution in [1.82, 2.24) is 87.2 Å². The molecular formula is C65H86ClN21OS. The second-order valence-electron chi connectivity index (χ2n) is 26.7. The molecule has 7 N–H and O–H groups in total. The van der Waals surface area contributed by atoms with Gasteiger partial charge in [0.05, 0.1) is 39.4 Å². The maximum Gasteiger partial charge on any atom is 0.260 e. The standard InChI is InChI=1S/C12H14N4.C11H16N4S.C11H16N4.C11H15N3.C10H12ClN3.C10H13N3O/c1-5-8-6-16(12(2,3)4)11-9(8)10(13)14-7-15-11;1-7-13-9-8(10(14-7)16-5)12-6-15(9)11(2,3)4;1-7-5-15(11(2,3)4)10-8(7)9(12)13-6-14-10;1-11(2,3)14-7-5-8-9(12)4-6-13-10(8)14;1-10(2,3)14-6-13-8-7(11)4-5-12-9(8)14;1-6(2)13-5-4-8-9(13)11-7(3)12-10(8)14/h1,6-7H,2-4H3,(H2,13,14,15);6H,1-5H3;5-6H,1-4H3,(H2,12,13,14);4-7H,1-3H3,(H2,12,13);4-6H,1-3H3;4-6H,1-3H3,(H,11,12,14). The van der Waals surface area contributed by atoms with E-state index in [-0.39, 0.29) is 33.3 Å². The second kappa shape index (κ2) is 26.1. The average Bonchev–Trinajstić information content (AvgIpc) is 2.10. The van der Waals surface area contributed by atoms with Crippen molar-refractivity contribution in [3.8, 4) is 12.3 Å². The van der Waals surface area contributed by atoms with E-state index in [1.807, 2.05) is 70.9 Å². The molecule has 0 saturated heterocycles. The molecule has 0 radical (unpaired) electrons. The average molecular weight is 1250 g/mol. The number of hydrogen-bond donors (Lipinski definition) is 4. The number of anilines is 3. The number of nitrogens with two attached hydrogens (primary N) is 3. The van der Waals surface area contributed by atoms with Gasteiger partial charge in [0, 0.05) is 82.0 Å². The number of aromatic amines is 1. The summed E-state index contributed by atoms with van der Waals surface area (Å²) in [6, 6.07) is 7.73. The predicted molar refractivity (Wildman–Crippen MR) is 366 cm³/mol. The summed E-state index contributed by atoms with van der Waals surface area (Å²) in [6.45, 7) is 41.8. The van der Waals surface area contributed by atoms with Gasteiger partial charge in [0.2, 0.25) is 0 Å². The molecule has 0 atom stereocenters. The quantitative estimate of drug-likeness (QED) is 0.0711. The Balaban J connectivity index is 0.000000152. The minimum atomic E-state index is -0.0891. The summed E-state index contributed by atoms with van der Waals surface area (Å²) in [5, 5.41) is 5.02. The molecule has 12 aromatic heterocycles. The summed E-state index contributed by atoms with van der Waals surface area (Å²) in [5.41, 5.74) is 26.9. The summed E-state index contributed by atoms with van der Waals surface area (Å²) in [5.74, 6) is 5.06. The maximum absolute atomic E-state index is 11.5. The van der Waals surface area contributed by atoms with Crippen molar-refractivity contribution in [1.29, 1.82) is 0 Å². The molecule has 0 aliphatic rings. The second-order valence-corrected chi connectivity index (χ2v) is 27.9. The first-order chi connectivity index (χ1) is 41.4. The zero-order valence-corrected chi connectivity index (χ0v) is 56.8. The molecule has 12 rings (SSSR count). The monoisotopic (exact) mass is 1240 g/mol. The predicted octanol–water partition coefficient (Wildman–Crippen LogP) is 13.3. The smallest absolute Gasteiger partial charge is 0.260 e. The van der Waals surface area contributed by atoms with Crippen molar-refractivity contribution >= 4 is 107 Å². The molecule has 89 heavy (non-hydrogen) atoms. The minimum Gasteiger partial charge on any atom is -0.398 e. The van der Waals surface area contributed by atoms with Crippen molar-refractivity contribution in [3.05, 3.63) is 125 Å². The molecule has 12 aromatic rings. The van der Waals surface area contributed by atoms with Crippen LogP contribution in [0.5, 0.6) is 0 Å². The van der Waals surface area contributed by atoms with Crippen LogP contribution in [0.25, 0.3) is 66.5 Å². The van der Waals surface area contributed by atoms with Gasteiger partial charge in [-0.1, -0.05) is 17.5 Å². The lowest BCUT2D eigenvalue weighted by Gasteiger charge is -2.21. The van der Waals surface area contributed by atoms with Gasteiger partial charge in [-0.2, -0.15) is 0 Å². The van der Waals surface area contributed by atoms with Crippen LogP contribution < -0.4 is 22.8 Å². The Morgan fingerprint density at radius 2 is 1.08 bits per heavy atom. The lowest BCUT2D eigenvalue weighted by atomic mass is 10.1. The van der Waals surface area contributed by atoms with E-state index in [9.17, 15) is 4.79 Å². The third kappa shape index (κ3) is 15.0. The van der Waals surface area contributed by atoms with Crippen LogP contribution in [0.15, 0.2) is 96.6 Å². The number of fused-ring (bicyclic) bond motifs is 6. The first kappa shape index (κ1) is 67.6. The fourth-order valence-electron chi connectivity index (χ4n) is 9.64. The Morgan fingerprint density at radius 1 is 0.562 bits per heavy atom. The molecule has 0 aliphatic carbocycles. The highest BCUT2D eigenvalue weighted by atomic mass is 35.5. The Bertz CT molecular complexity index is 4480. The van der Waals surface area contributed by atoms with Crippen LogP contribution in [-0.2, 0) is 27.7 Å². The number of pyridine rings is 2. The summed E-state index contributed by atoms with van der Waals surface area (Å²) >= 11 is 7.61. The Labute approximate surface area is 529 Å². The molecule has 0 bridgehead atoms. The third-order valence-corrected chi connectivity index (χ3v) is 15.1. The molecule has 0 saturated carbocycles. The van der Waals surface area contributed by atoms with Gasteiger partial charge in [0.1, 0.15) is 74.6 Å². The topological polar surface area (TPSA) is 282 Å². The van der Waals surface area contributed by atoms with Crippen molar-refractivity contribution in [3.63, 3.8) is 0 Å². The number of H-pyrrole nitrogens is 1. The Hall–Kier alpha value is -8.88. The maximum atomic E-state index is 11.5. The van der Waals surface area contributed by atoms with Crippen LogP contribution in [0.4, 0.5) is 17.3 Å². The molecule has 0 aliphatic heterocycles. The zero-order valence-electron chi connectivity index (χ0n) is 55.3. The Morgan fingerprint density at radius 3 is 1.64 bits per heavy atom. The van der Waals surface area contributed by atoms with Crippen molar-refractivity contribution < 1.29 is 0 Å². The van der Waals surface area contributed by atoms with E-state index >= 15 is 0 Å². The molecular weight excluding hydrogens is 1160 g/mol. The highest BCUT2D eigenvalue weighted by molar-refractivity contribution is 7.98. The van der Waals surface area contributed by atoms with Gasteiger partial charge in [-0.15, -0.1) is 18.2 Å². The fraction of sp³-hybridized carbons (Fsp3) is 0.415. The lowest BCUT2D eigenvalue weighted by Crippen LogP contribution is -2.21. The molecule has 24 heteroatoms. The van der Waals surface area contributed by atoms with Crippen LogP contribution in [0, 0.1) is 33.1 Å². The van der Waals surface area contributed by atoms with Gasteiger partial charge in [0.15, 0.2) is 11.3 Å². The number of rotatable bonds is 2. The number of hydrogen-bond acceptors (Lipinski definition) is 16. The molecule has 0 amide bonds.